The molecule has 5 fully saturated rings. The first-order valence-electron chi connectivity index (χ1n) is 12.9. The van der Waals surface area contributed by atoms with E-state index in [4.69, 9.17) is 11.6 Å². The smallest absolute Gasteiger partial charge is 0.254 e. The summed E-state index contributed by atoms with van der Waals surface area (Å²) in [6.07, 6.45) is 6.85. The van der Waals surface area contributed by atoms with Gasteiger partial charge in [0.15, 0.2) is 0 Å². The van der Waals surface area contributed by atoms with E-state index in [1.165, 1.54) is 19.3 Å². The van der Waals surface area contributed by atoms with E-state index in [1.807, 2.05) is 18.7 Å². The zero-order valence-electron chi connectivity index (χ0n) is 20.3. The normalized spacial score (nSPS) is 31.0. The molecule has 0 radical (unpaired) electrons. The van der Waals surface area contributed by atoms with E-state index >= 15 is 0 Å². The van der Waals surface area contributed by atoms with E-state index in [2.05, 4.69) is 5.32 Å². The van der Waals surface area contributed by atoms with Crippen LogP contribution in [0.2, 0.25) is 5.02 Å². The largest absolute Gasteiger partial charge is 0.344 e. The van der Waals surface area contributed by atoms with Crippen molar-refractivity contribution in [2.75, 3.05) is 26.2 Å². The lowest BCUT2D eigenvalue weighted by atomic mass is 9.49. The lowest BCUT2D eigenvalue weighted by molar-refractivity contribution is -0.151. The van der Waals surface area contributed by atoms with E-state index < -0.39 is 6.04 Å². The second kappa shape index (κ2) is 9.18. The number of halogens is 1. The van der Waals surface area contributed by atoms with Crippen molar-refractivity contribution >= 4 is 29.3 Å². The van der Waals surface area contributed by atoms with E-state index in [0.29, 0.717) is 54.5 Å². The Hall–Kier alpha value is -2.08. The third-order valence-corrected chi connectivity index (χ3v) is 8.92. The molecule has 4 bridgehead atoms. The second-order valence-electron chi connectivity index (χ2n) is 11.5. The number of rotatable bonds is 5. The van der Waals surface area contributed by atoms with Crippen LogP contribution < -0.4 is 5.32 Å². The monoisotopic (exact) mass is 485 g/mol. The Morgan fingerprint density at radius 3 is 2.03 bits per heavy atom. The molecular weight excluding hydrogens is 450 g/mol. The summed E-state index contributed by atoms with van der Waals surface area (Å²) in [7, 11) is 0. The topological polar surface area (TPSA) is 69.7 Å². The maximum atomic E-state index is 13.6. The zero-order chi connectivity index (χ0) is 24.0. The van der Waals surface area contributed by atoms with Crippen molar-refractivity contribution < 1.29 is 14.4 Å². The highest BCUT2D eigenvalue weighted by Crippen LogP contribution is 2.60. The van der Waals surface area contributed by atoms with Crippen LogP contribution in [0.25, 0.3) is 0 Å². The Labute approximate surface area is 207 Å². The average Bonchev–Trinajstić information content (AvgIpc) is 2.80. The molecule has 1 atom stereocenters. The Balaban J connectivity index is 1.21. The molecule has 1 aliphatic heterocycles. The molecule has 184 valence electrons. The predicted molar refractivity (Wildman–Crippen MR) is 131 cm³/mol. The van der Waals surface area contributed by atoms with Gasteiger partial charge in [0.05, 0.1) is 0 Å². The molecular formula is C27H36ClN3O3. The number of nitrogens with zero attached hydrogens (tertiary/aromatic N) is 2. The molecule has 0 spiro atoms. The summed E-state index contributed by atoms with van der Waals surface area (Å²) in [6, 6.07) is 6.44. The fourth-order valence-electron chi connectivity index (χ4n) is 7.33. The maximum absolute atomic E-state index is 13.6. The fourth-order valence-corrected chi connectivity index (χ4v) is 7.52. The Morgan fingerprint density at radius 2 is 1.50 bits per heavy atom. The van der Waals surface area contributed by atoms with Crippen molar-refractivity contribution in [2.45, 2.75) is 58.4 Å². The molecule has 1 aromatic rings. The standard InChI is InChI=1S/C27H36ClN3O3/c1-17(2)23(29-26(34)27-14-18-10-19(15-27)12-20(11-18)16-27)25(33)31-8-6-30(7-9-31)24(32)21-4-3-5-22(28)13-21/h3-5,13,17-20,23H,6-12,14-16H2,1-2H3,(H,29,34). The summed E-state index contributed by atoms with van der Waals surface area (Å²) >= 11 is 6.04. The molecule has 5 aliphatic rings. The minimum atomic E-state index is -0.518. The van der Waals surface area contributed by atoms with Crippen LogP contribution in [0.1, 0.15) is 62.7 Å². The average molecular weight is 486 g/mol. The van der Waals surface area contributed by atoms with Crippen LogP contribution in [0.15, 0.2) is 24.3 Å². The SMILES string of the molecule is CC(C)C(NC(=O)C12CC3CC(CC(C3)C1)C2)C(=O)N1CCN(C(=O)c2cccc(Cl)c2)CC1. The lowest BCUT2D eigenvalue weighted by Gasteiger charge is -2.56. The van der Waals surface area contributed by atoms with Crippen LogP contribution in [-0.4, -0.2) is 59.7 Å². The van der Waals surface area contributed by atoms with Gasteiger partial charge >= 0.3 is 0 Å². The summed E-state index contributed by atoms with van der Waals surface area (Å²) in [4.78, 5) is 43.5. The van der Waals surface area contributed by atoms with Crippen LogP contribution in [0.4, 0.5) is 0 Å². The summed E-state index contributed by atoms with van der Waals surface area (Å²) in [5, 5.41) is 3.75. The van der Waals surface area contributed by atoms with Crippen molar-refractivity contribution in [1.82, 2.24) is 15.1 Å². The second-order valence-corrected chi connectivity index (χ2v) is 12.0. The van der Waals surface area contributed by atoms with E-state index in [1.54, 1.807) is 29.2 Å². The first kappa shape index (κ1) is 23.7. The number of piperazine rings is 1. The van der Waals surface area contributed by atoms with Gasteiger partial charge in [-0.15, -0.1) is 0 Å². The van der Waals surface area contributed by atoms with Crippen molar-refractivity contribution in [2.24, 2.45) is 29.1 Å². The number of amides is 3. The minimum Gasteiger partial charge on any atom is -0.344 e. The number of carbonyl (C=O) groups excluding carboxylic acids is 3. The van der Waals surface area contributed by atoms with Crippen LogP contribution in [0, 0.1) is 29.1 Å². The van der Waals surface area contributed by atoms with Gasteiger partial charge in [-0.05, 0) is 80.4 Å². The molecule has 1 heterocycles. The molecule has 34 heavy (non-hydrogen) atoms. The molecule has 4 saturated carbocycles. The van der Waals surface area contributed by atoms with Crippen molar-refractivity contribution in [3.63, 3.8) is 0 Å². The van der Waals surface area contributed by atoms with Crippen LogP contribution >= 0.6 is 11.6 Å². The highest BCUT2D eigenvalue weighted by atomic mass is 35.5. The third kappa shape index (κ3) is 4.46. The molecule has 1 unspecified atom stereocenters. The molecule has 4 aliphatic carbocycles. The van der Waals surface area contributed by atoms with Gasteiger partial charge in [-0.1, -0.05) is 31.5 Å². The van der Waals surface area contributed by atoms with Gasteiger partial charge in [0.2, 0.25) is 11.8 Å². The minimum absolute atomic E-state index is 0.0106. The summed E-state index contributed by atoms with van der Waals surface area (Å²) < 4.78 is 0. The number of carbonyl (C=O) groups is 3. The van der Waals surface area contributed by atoms with E-state index in [0.717, 1.165) is 19.3 Å². The number of hydrogen-bond acceptors (Lipinski definition) is 3. The molecule has 1 aromatic carbocycles. The summed E-state index contributed by atoms with van der Waals surface area (Å²) in [5.41, 5.74) is 0.305. The summed E-state index contributed by atoms with van der Waals surface area (Å²) in [5.74, 6) is 2.10. The molecule has 3 amide bonds. The Kier molecular flexibility index (Phi) is 6.38. The predicted octanol–water partition coefficient (Wildman–Crippen LogP) is 3.98. The molecule has 1 saturated heterocycles. The fraction of sp³-hybridized carbons (Fsp3) is 0.667. The number of nitrogens with one attached hydrogen (secondary N) is 1. The Bertz CT molecular complexity index is 934. The molecule has 6 rings (SSSR count). The maximum Gasteiger partial charge on any atom is 0.254 e. The molecule has 6 nitrogen and oxygen atoms in total. The van der Waals surface area contributed by atoms with Crippen molar-refractivity contribution in [3.05, 3.63) is 34.9 Å². The van der Waals surface area contributed by atoms with Gasteiger partial charge in [0.25, 0.3) is 5.91 Å². The van der Waals surface area contributed by atoms with Gasteiger partial charge in [0, 0.05) is 42.2 Å². The highest BCUT2D eigenvalue weighted by Gasteiger charge is 2.55. The van der Waals surface area contributed by atoms with E-state index in [9.17, 15) is 14.4 Å². The third-order valence-electron chi connectivity index (χ3n) is 8.69. The first-order valence-corrected chi connectivity index (χ1v) is 13.3. The van der Waals surface area contributed by atoms with Gasteiger partial charge in [-0.3, -0.25) is 14.4 Å². The quantitative estimate of drug-likeness (QED) is 0.685. The molecule has 1 N–H and O–H groups in total. The Morgan fingerprint density at radius 1 is 0.941 bits per heavy atom. The zero-order valence-corrected chi connectivity index (χ0v) is 21.0. The van der Waals surface area contributed by atoms with Crippen LogP contribution in [-0.2, 0) is 9.59 Å². The van der Waals surface area contributed by atoms with E-state index in [-0.39, 0.29) is 29.1 Å². The van der Waals surface area contributed by atoms with Gasteiger partial charge < -0.3 is 15.1 Å². The molecule has 7 heteroatoms. The highest BCUT2D eigenvalue weighted by molar-refractivity contribution is 6.30. The first-order chi connectivity index (χ1) is 16.2. The lowest BCUT2D eigenvalue weighted by Crippen LogP contribution is -2.60. The van der Waals surface area contributed by atoms with Crippen molar-refractivity contribution in [1.29, 1.82) is 0 Å². The van der Waals surface area contributed by atoms with Gasteiger partial charge in [0.1, 0.15) is 6.04 Å². The summed E-state index contributed by atoms with van der Waals surface area (Å²) in [6.45, 7) is 5.90. The van der Waals surface area contributed by atoms with Gasteiger partial charge in [-0.25, -0.2) is 0 Å². The van der Waals surface area contributed by atoms with Gasteiger partial charge in [-0.2, -0.15) is 0 Å². The number of hydrogen-bond donors (Lipinski definition) is 1. The number of benzene rings is 1. The van der Waals surface area contributed by atoms with Crippen molar-refractivity contribution in [3.8, 4) is 0 Å². The molecule has 0 aromatic heterocycles. The van der Waals surface area contributed by atoms with Crippen LogP contribution in [0.3, 0.4) is 0 Å². The van der Waals surface area contributed by atoms with Crippen LogP contribution in [0.5, 0.6) is 0 Å².